The van der Waals surface area contributed by atoms with Gasteiger partial charge in [-0.15, -0.1) is 0 Å². The number of rotatable bonds is 7. The van der Waals surface area contributed by atoms with E-state index in [1.54, 1.807) is 23.1 Å². The fraction of sp³-hybridized carbons (Fsp3) is 0.389. The van der Waals surface area contributed by atoms with Crippen molar-refractivity contribution in [3.63, 3.8) is 0 Å². The highest BCUT2D eigenvalue weighted by Gasteiger charge is 2.34. The summed E-state index contributed by atoms with van der Waals surface area (Å²) in [5.41, 5.74) is 0.692. The second-order valence-corrected chi connectivity index (χ2v) is 8.66. The lowest BCUT2D eigenvalue weighted by molar-refractivity contribution is -0.139. The van der Waals surface area contributed by atoms with Gasteiger partial charge in [-0.2, -0.15) is 0 Å². The Morgan fingerprint density at radius 2 is 2.29 bits per heavy atom. The highest BCUT2D eigenvalue weighted by Crippen LogP contribution is 2.38. The first kappa shape index (κ1) is 21.1. The second kappa shape index (κ2) is 9.25. The summed E-state index contributed by atoms with van der Waals surface area (Å²) in [5.74, 6) is -0.579. The van der Waals surface area contributed by atoms with Crippen molar-refractivity contribution in [2.75, 3.05) is 26.9 Å². The number of carboxylic acids is 1. The van der Waals surface area contributed by atoms with E-state index in [0.29, 0.717) is 37.3 Å². The third kappa shape index (κ3) is 4.86. The van der Waals surface area contributed by atoms with Crippen molar-refractivity contribution in [3.8, 4) is 11.5 Å². The summed E-state index contributed by atoms with van der Waals surface area (Å²) in [4.78, 5) is 25.6. The molecule has 1 aromatic carbocycles. The molecule has 0 radical (unpaired) electrons. The Hall–Kier alpha value is -1.62. The van der Waals surface area contributed by atoms with Gasteiger partial charge >= 0.3 is 5.97 Å². The maximum Gasteiger partial charge on any atom is 0.341 e. The number of hydrogen-bond donors (Lipinski definition) is 1. The van der Waals surface area contributed by atoms with E-state index in [-0.39, 0.29) is 12.0 Å². The van der Waals surface area contributed by atoms with E-state index in [0.717, 1.165) is 19.4 Å². The van der Waals surface area contributed by atoms with Gasteiger partial charge in [0, 0.05) is 11.1 Å². The summed E-state index contributed by atoms with van der Waals surface area (Å²) in [6.07, 6.45) is 3.68. The Morgan fingerprint density at radius 3 is 2.93 bits per heavy atom. The SMILES string of the molecule is COc1cc(/C=C2\SC(=S)N(C[C@@H]3CCCO3)C2=O)c(Br)cc1OCC(=O)O. The summed E-state index contributed by atoms with van der Waals surface area (Å²) < 4.78 is 17.3. The third-order valence-corrected chi connectivity index (χ3v) is 6.27. The lowest BCUT2D eigenvalue weighted by atomic mass is 10.1. The van der Waals surface area contributed by atoms with Crippen molar-refractivity contribution < 1.29 is 28.9 Å². The number of ether oxygens (including phenoxy) is 3. The van der Waals surface area contributed by atoms with E-state index in [4.69, 9.17) is 31.5 Å². The molecule has 2 aliphatic heterocycles. The van der Waals surface area contributed by atoms with Gasteiger partial charge < -0.3 is 19.3 Å². The molecule has 28 heavy (non-hydrogen) atoms. The van der Waals surface area contributed by atoms with Crippen LogP contribution in [0.2, 0.25) is 0 Å². The molecule has 0 aliphatic carbocycles. The van der Waals surface area contributed by atoms with Crippen LogP contribution in [0, 0.1) is 0 Å². The lowest BCUT2D eigenvalue weighted by Gasteiger charge is -2.18. The minimum Gasteiger partial charge on any atom is -0.493 e. The van der Waals surface area contributed by atoms with Crippen molar-refractivity contribution in [1.29, 1.82) is 0 Å². The number of methoxy groups -OCH3 is 1. The van der Waals surface area contributed by atoms with Crippen molar-refractivity contribution in [2.24, 2.45) is 0 Å². The highest BCUT2D eigenvalue weighted by atomic mass is 79.9. The number of thioether (sulfide) groups is 1. The molecular weight excluding hydrogens is 470 g/mol. The standard InChI is InChI=1S/C18H18BrNO6S2/c1-24-13-5-10(12(19)7-14(13)26-9-16(21)22)6-15-17(23)20(18(27)28-15)8-11-3-2-4-25-11/h5-7,11H,2-4,8-9H2,1H3,(H,21,22)/b15-6-/t11-/m0/s1. The number of halogens is 1. The molecule has 7 nitrogen and oxygen atoms in total. The molecule has 2 saturated heterocycles. The van der Waals surface area contributed by atoms with Gasteiger partial charge in [-0.05, 0) is 36.6 Å². The molecule has 1 atom stereocenters. The van der Waals surface area contributed by atoms with Gasteiger partial charge in [0.1, 0.15) is 4.32 Å². The van der Waals surface area contributed by atoms with Crippen LogP contribution in [0.5, 0.6) is 11.5 Å². The van der Waals surface area contributed by atoms with Gasteiger partial charge in [-0.1, -0.05) is 39.9 Å². The van der Waals surface area contributed by atoms with Crippen molar-refractivity contribution in [3.05, 3.63) is 27.1 Å². The zero-order valence-electron chi connectivity index (χ0n) is 15.0. The summed E-state index contributed by atoms with van der Waals surface area (Å²) in [6.45, 7) is 0.705. The summed E-state index contributed by atoms with van der Waals surface area (Å²) in [5, 5.41) is 8.78. The fourth-order valence-electron chi connectivity index (χ4n) is 2.86. The first-order chi connectivity index (χ1) is 13.4. The molecule has 1 N–H and O–H groups in total. The van der Waals surface area contributed by atoms with E-state index >= 15 is 0 Å². The monoisotopic (exact) mass is 487 g/mol. The number of amides is 1. The quantitative estimate of drug-likeness (QED) is 0.463. The molecule has 3 rings (SSSR count). The first-order valence-electron chi connectivity index (χ1n) is 8.48. The molecule has 1 amide bonds. The zero-order valence-corrected chi connectivity index (χ0v) is 18.2. The third-order valence-electron chi connectivity index (χ3n) is 4.20. The predicted molar refractivity (Wildman–Crippen MR) is 113 cm³/mol. The Morgan fingerprint density at radius 1 is 1.50 bits per heavy atom. The van der Waals surface area contributed by atoms with Crippen LogP contribution in [0.25, 0.3) is 6.08 Å². The number of carbonyl (C=O) groups excluding carboxylic acids is 1. The Labute approximate surface area is 180 Å². The molecule has 0 spiro atoms. The van der Waals surface area contributed by atoms with Crippen LogP contribution in [0.15, 0.2) is 21.5 Å². The number of carboxylic acid groups (broad SMARTS) is 1. The number of benzene rings is 1. The molecule has 150 valence electrons. The number of aliphatic carboxylic acids is 1. The minimum absolute atomic E-state index is 0.0272. The van der Waals surface area contributed by atoms with Crippen LogP contribution < -0.4 is 9.47 Å². The fourth-order valence-corrected chi connectivity index (χ4v) is 4.57. The van der Waals surface area contributed by atoms with Gasteiger partial charge in [0.15, 0.2) is 18.1 Å². The number of carbonyl (C=O) groups is 2. The molecule has 2 aliphatic rings. The smallest absolute Gasteiger partial charge is 0.341 e. The summed E-state index contributed by atoms with van der Waals surface area (Å²) in [7, 11) is 1.46. The van der Waals surface area contributed by atoms with Crippen molar-refractivity contribution in [2.45, 2.75) is 18.9 Å². The van der Waals surface area contributed by atoms with Crippen molar-refractivity contribution in [1.82, 2.24) is 4.90 Å². The highest BCUT2D eigenvalue weighted by molar-refractivity contribution is 9.10. The topological polar surface area (TPSA) is 85.3 Å². The average molecular weight is 488 g/mol. The van der Waals surface area contributed by atoms with E-state index in [1.807, 2.05) is 0 Å². The molecule has 2 heterocycles. The van der Waals surface area contributed by atoms with Crippen LogP contribution in [0.4, 0.5) is 0 Å². The van der Waals surface area contributed by atoms with Gasteiger partial charge in [0.25, 0.3) is 5.91 Å². The summed E-state index contributed by atoms with van der Waals surface area (Å²) >= 11 is 10.0. The molecule has 2 fully saturated rings. The van der Waals surface area contributed by atoms with Crippen LogP contribution in [0.1, 0.15) is 18.4 Å². The van der Waals surface area contributed by atoms with E-state index in [1.165, 1.54) is 18.9 Å². The Kier molecular flexibility index (Phi) is 6.97. The lowest BCUT2D eigenvalue weighted by Crippen LogP contribution is -2.35. The predicted octanol–water partition coefficient (Wildman–Crippen LogP) is 3.30. The molecular formula is C18H18BrNO6S2. The van der Waals surface area contributed by atoms with E-state index in [2.05, 4.69) is 15.9 Å². The van der Waals surface area contributed by atoms with Gasteiger partial charge in [0.2, 0.25) is 0 Å². The number of nitrogens with zero attached hydrogens (tertiary/aromatic N) is 1. The molecule has 10 heteroatoms. The average Bonchev–Trinajstić information content (AvgIpc) is 3.26. The number of hydrogen-bond acceptors (Lipinski definition) is 7. The molecule has 1 aromatic rings. The van der Waals surface area contributed by atoms with Gasteiger partial charge in [-0.25, -0.2) is 4.79 Å². The Balaban J connectivity index is 1.81. The van der Waals surface area contributed by atoms with Crippen LogP contribution in [-0.4, -0.2) is 59.2 Å². The van der Waals surface area contributed by atoms with Crippen LogP contribution in [-0.2, 0) is 14.3 Å². The normalized spacial score (nSPS) is 20.9. The Bertz CT molecular complexity index is 838. The first-order valence-corrected chi connectivity index (χ1v) is 10.5. The van der Waals surface area contributed by atoms with Crippen molar-refractivity contribution >= 4 is 62.2 Å². The minimum atomic E-state index is -1.09. The molecule has 0 saturated carbocycles. The van der Waals surface area contributed by atoms with Crippen LogP contribution in [0.3, 0.4) is 0 Å². The number of thiocarbonyl (C=S) groups is 1. The zero-order chi connectivity index (χ0) is 20.3. The van der Waals surface area contributed by atoms with Crippen LogP contribution >= 0.6 is 39.9 Å². The van der Waals surface area contributed by atoms with E-state index in [9.17, 15) is 9.59 Å². The maximum absolute atomic E-state index is 12.8. The molecule has 0 aromatic heterocycles. The maximum atomic E-state index is 12.8. The van der Waals surface area contributed by atoms with E-state index < -0.39 is 12.6 Å². The molecule has 0 unspecified atom stereocenters. The summed E-state index contributed by atoms with van der Waals surface area (Å²) in [6, 6.07) is 3.29. The second-order valence-electron chi connectivity index (χ2n) is 6.13. The van der Waals surface area contributed by atoms with Gasteiger partial charge in [0.05, 0.1) is 24.7 Å². The molecule has 0 bridgehead atoms. The van der Waals surface area contributed by atoms with Gasteiger partial charge in [-0.3, -0.25) is 9.69 Å². The largest absolute Gasteiger partial charge is 0.493 e.